The molecule has 0 aliphatic rings. The smallest absolute Gasteiger partial charge is 0.0700 e. The van der Waals surface area contributed by atoms with Crippen molar-refractivity contribution >= 4 is 0 Å². The first-order valence-corrected chi connectivity index (χ1v) is 6.16. The van der Waals surface area contributed by atoms with Crippen molar-refractivity contribution in [3.05, 3.63) is 0 Å². The van der Waals surface area contributed by atoms with E-state index in [0.29, 0.717) is 6.04 Å². The topological polar surface area (TPSA) is 30.5 Å². The first kappa shape index (κ1) is 14.9. The number of ether oxygens (including phenoxy) is 2. The van der Waals surface area contributed by atoms with Gasteiger partial charge in [-0.3, -0.25) is 0 Å². The molecule has 1 N–H and O–H groups in total. The minimum absolute atomic E-state index is 0.604. The van der Waals surface area contributed by atoms with E-state index in [-0.39, 0.29) is 0 Å². The zero-order valence-corrected chi connectivity index (χ0v) is 10.6. The zero-order valence-electron chi connectivity index (χ0n) is 10.6. The number of hydrogen-bond donors (Lipinski definition) is 1. The van der Waals surface area contributed by atoms with Gasteiger partial charge in [0.15, 0.2) is 0 Å². The Labute approximate surface area is 94.5 Å². The van der Waals surface area contributed by atoms with Gasteiger partial charge in [-0.05, 0) is 32.7 Å². The van der Waals surface area contributed by atoms with Crippen LogP contribution in [-0.4, -0.2) is 39.0 Å². The van der Waals surface area contributed by atoms with E-state index in [2.05, 4.69) is 19.2 Å². The van der Waals surface area contributed by atoms with Crippen molar-refractivity contribution in [3.8, 4) is 0 Å². The fraction of sp³-hybridized carbons (Fsp3) is 1.00. The second-order valence-electron chi connectivity index (χ2n) is 3.98. The van der Waals surface area contributed by atoms with E-state index in [1.165, 1.54) is 12.8 Å². The maximum atomic E-state index is 5.42. The highest BCUT2D eigenvalue weighted by Crippen LogP contribution is 1.95. The summed E-state index contributed by atoms with van der Waals surface area (Å²) >= 11 is 0. The molecule has 0 amide bonds. The predicted octanol–water partition coefficient (Wildman–Crippen LogP) is 2.21. The van der Waals surface area contributed by atoms with E-state index in [1.807, 2.05) is 6.92 Å². The van der Waals surface area contributed by atoms with E-state index in [0.717, 1.165) is 39.4 Å². The normalized spacial score (nSPS) is 11.2. The monoisotopic (exact) mass is 217 g/mol. The van der Waals surface area contributed by atoms with E-state index in [4.69, 9.17) is 9.47 Å². The van der Waals surface area contributed by atoms with E-state index < -0.39 is 0 Å². The molecule has 92 valence electrons. The number of unbranched alkanes of at least 4 members (excludes halogenated alkanes) is 2. The van der Waals surface area contributed by atoms with Gasteiger partial charge < -0.3 is 14.8 Å². The second-order valence-corrected chi connectivity index (χ2v) is 3.98. The molecule has 0 aromatic carbocycles. The molecule has 0 atom stereocenters. The Morgan fingerprint density at radius 1 is 0.933 bits per heavy atom. The van der Waals surface area contributed by atoms with Gasteiger partial charge in [0.1, 0.15) is 0 Å². The lowest BCUT2D eigenvalue weighted by Gasteiger charge is -2.07. The zero-order chi connectivity index (χ0) is 11.4. The molecular weight excluding hydrogens is 190 g/mol. The van der Waals surface area contributed by atoms with Gasteiger partial charge in [0.05, 0.1) is 13.2 Å². The van der Waals surface area contributed by atoms with Gasteiger partial charge >= 0.3 is 0 Å². The fourth-order valence-electron chi connectivity index (χ4n) is 1.26. The summed E-state index contributed by atoms with van der Waals surface area (Å²) in [5, 5.41) is 3.40. The predicted molar refractivity (Wildman–Crippen MR) is 64.3 cm³/mol. The van der Waals surface area contributed by atoms with Gasteiger partial charge in [-0.25, -0.2) is 0 Å². The third kappa shape index (κ3) is 13.9. The Balaban J connectivity index is 2.87. The lowest BCUT2D eigenvalue weighted by Crippen LogP contribution is -2.23. The molecular formula is C12H27NO2. The summed E-state index contributed by atoms with van der Waals surface area (Å²) in [6.07, 6.45) is 3.65. The third-order valence-electron chi connectivity index (χ3n) is 2.09. The van der Waals surface area contributed by atoms with Crippen molar-refractivity contribution in [2.45, 2.75) is 46.1 Å². The maximum absolute atomic E-state index is 5.42. The molecule has 0 radical (unpaired) electrons. The molecule has 0 aliphatic heterocycles. The van der Waals surface area contributed by atoms with Crippen LogP contribution in [0.1, 0.15) is 40.0 Å². The van der Waals surface area contributed by atoms with Crippen molar-refractivity contribution in [1.82, 2.24) is 5.32 Å². The largest absolute Gasteiger partial charge is 0.379 e. The lowest BCUT2D eigenvalue weighted by molar-refractivity contribution is 0.0513. The molecule has 0 spiro atoms. The first-order chi connectivity index (χ1) is 7.27. The van der Waals surface area contributed by atoms with Crippen LogP contribution in [0.5, 0.6) is 0 Å². The quantitative estimate of drug-likeness (QED) is 0.538. The van der Waals surface area contributed by atoms with Crippen molar-refractivity contribution in [2.24, 2.45) is 0 Å². The summed E-state index contributed by atoms with van der Waals surface area (Å²) in [6, 6.07) is 0.604. The second kappa shape index (κ2) is 12.0. The van der Waals surface area contributed by atoms with Crippen LogP contribution in [-0.2, 0) is 9.47 Å². The Morgan fingerprint density at radius 3 is 2.33 bits per heavy atom. The molecule has 3 nitrogen and oxygen atoms in total. The molecule has 0 rings (SSSR count). The van der Waals surface area contributed by atoms with Crippen molar-refractivity contribution in [2.75, 3.05) is 33.0 Å². The van der Waals surface area contributed by atoms with Crippen LogP contribution in [0.25, 0.3) is 0 Å². The van der Waals surface area contributed by atoms with Gasteiger partial charge in [-0.2, -0.15) is 0 Å². The average Bonchev–Trinajstić information content (AvgIpc) is 2.20. The molecule has 0 aromatic rings. The SMILES string of the molecule is CCOCCOCCCCCNC(C)C. The molecule has 0 aromatic heterocycles. The number of rotatable bonds is 11. The summed E-state index contributed by atoms with van der Waals surface area (Å²) in [5.41, 5.74) is 0. The van der Waals surface area contributed by atoms with Crippen molar-refractivity contribution in [1.29, 1.82) is 0 Å². The molecule has 15 heavy (non-hydrogen) atoms. The summed E-state index contributed by atoms with van der Waals surface area (Å²) in [7, 11) is 0. The van der Waals surface area contributed by atoms with Crippen molar-refractivity contribution in [3.63, 3.8) is 0 Å². The molecule has 0 heterocycles. The summed E-state index contributed by atoms with van der Waals surface area (Å²) in [6.45, 7) is 10.6. The average molecular weight is 217 g/mol. The van der Waals surface area contributed by atoms with Gasteiger partial charge in [0.2, 0.25) is 0 Å². The highest BCUT2D eigenvalue weighted by molar-refractivity contribution is 4.52. The van der Waals surface area contributed by atoms with Crippen molar-refractivity contribution < 1.29 is 9.47 Å². The Bertz CT molecular complexity index is 118. The number of hydrogen-bond acceptors (Lipinski definition) is 3. The highest BCUT2D eigenvalue weighted by atomic mass is 16.5. The summed E-state index contributed by atoms with van der Waals surface area (Å²) in [4.78, 5) is 0. The lowest BCUT2D eigenvalue weighted by atomic mass is 10.2. The van der Waals surface area contributed by atoms with Crippen LogP contribution in [0.2, 0.25) is 0 Å². The molecule has 0 fully saturated rings. The Hall–Kier alpha value is -0.120. The molecule has 0 unspecified atom stereocenters. The van der Waals surface area contributed by atoms with Crippen LogP contribution in [0.4, 0.5) is 0 Å². The van der Waals surface area contributed by atoms with E-state index in [9.17, 15) is 0 Å². The standard InChI is InChI=1S/C12H27NO2/c1-4-14-10-11-15-9-7-5-6-8-13-12(2)3/h12-13H,4-11H2,1-3H3. The molecule has 0 saturated heterocycles. The molecule has 0 saturated carbocycles. The van der Waals surface area contributed by atoms with Crippen LogP contribution in [0.3, 0.4) is 0 Å². The fourth-order valence-corrected chi connectivity index (χ4v) is 1.26. The minimum Gasteiger partial charge on any atom is -0.379 e. The van der Waals surface area contributed by atoms with Crippen LogP contribution in [0, 0.1) is 0 Å². The van der Waals surface area contributed by atoms with Gasteiger partial charge in [-0.15, -0.1) is 0 Å². The summed E-state index contributed by atoms with van der Waals surface area (Å²) in [5.74, 6) is 0. The maximum Gasteiger partial charge on any atom is 0.0700 e. The third-order valence-corrected chi connectivity index (χ3v) is 2.09. The minimum atomic E-state index is 0.604. The molecule has 0 aliphatic carbocycles. The molecule has 0 bridgehead atoms. The number of nitrogens with one attached hydrogen (secondary N) is 1. The first-order valence-electron chi connectivity index (χ1n) is 6.16. The van der Waals surface area contributed by atoms with Crippen LogP contribution in [0.15, 0.2) is 0 Å². The van der Waals surface area contributed by atoms with Crippen LogP contribution < -0.4 is 5.32 Å². The Kier molecular flexibility index (Phi) is 11.9. The van der Waals surface area contributed by atoms with E-state index >= 15 is 0 Å². The van der Waals surface area contributed by atoms with Gasteiger partial charge in [0.25, 0.3) is 0 Å². The summed E-state index contributed by atoms with van der Waals surface area (Å²) < 4.78 is 10.6. The van der Waals surface area contributed by atoms with Gasteiger partial charge in [-0.1, -0.05) is 13.8 Å². The van der Waals surface area contributed by atoms with E-state index in [1.54, 1.807) is 0 Å². The van der Waals surface area contributed by atoms with Crippen LogP contribution >= 0.6 is 0 Å². The molecule has 3 heteroatoms. The highest BCUT2D eigenvalue weighted by Gasteiger charge is 1.93. The Morgan fingerprint density at radius 2 is 1.67 bits per heavy atom. The van der Waals surface area contributed by atoms with Gasteiger partial charge in [0, 0.05) is 19.3 Å².